The van der Waals surface area contributed by atoms with Gasteiger partial charge in [0.15, 0.2) is 0 Å². The minimum absolute atomic E-state index is 0.0465. The summed E-state index contributed by atoms with van der Waals surface area (Å²) in [5, 5.41) is 0.745. The van der Waals surface area contributed by atoms with Crippen molar-refractivity contribution < 1.29 is 14.3 Å². The molecule has 0 N–H and O–H groups in total. The number of carbonyl (C=O) groups excluding carboxylic acids is 1. The molecule has 3 heterocycles. The lowest BCUT2D eigenvalue weighted by Gasteiger charge is -2.10. The third-order valence-electron chi connectivity index (χ3n) is 6.20. The molecule has 6 nitrogen and oxygen atoms in total. The number of hydrogen-bond acceptors (Lipinski definition) is 6. The number of carbonyl (C=O) groups is 1. The average Bonchev–Trinajstić information content (AvgIpc) is 3.38. The fraction of sp³-hybridized carbons (Fsp3) is 0.222. The van der Waals surface area contributed by atoms with Crippen LogP contribution < -0.4 is 10.3 Å². The standard InChI is InChI=1S/C27H24N2O4S/c1-16-17(2)34-25-23(16)26(30)29-13-12-21(24(29)28-25)14-20-6-4-5-7-22(20)33-15-18-8-10-19(11-9-18)27(31)32-3/h4-11,14H,12-13,15H2,1-3H3/b21-14-. The summed E-state index contributed by atoms with van der Waals surface area (Å²) < 4.78 is 12.6. The fourth-order valence-electron chi connectivity index (χ4n) is 4.20. The van der Waals surface area contributed by atoms with Gasteiger partial charge in [-0.1, -0.05) is 30.3 Å². The second kappa shape index (κ2) is 8.91. The first-order valence-corrected chi connectivity index (χ1v) is 11.9. The van der Waals surface area contributed by atoms with Crippen LogP contribution in [-0.4, -0.2) is 22.6 Å². The lowest BCUT2D eigenvalue weighted by Crippen LogP contribution is -2.20. The quantitative estimate of drug-likeness (QED) is 0.365. The second-order valence-electron chi connectivity index (χ2n) is 8.29. The molecule has 0 saturated carbocycles. The number of para-hydroxylation sites is 1. The molecule has 0 fully saturated rings. The van der Waals surface area contributed by atoms with E-state index in [4.69, 9.17) is 14.5 Å². The van der Waals surface area contributed by atoms with Crippen LogP contribution in [0.5, 0.6) is 5.75 Å². The topological polar surface area (TPSA) is 70.4 Å². The highest BCUT2D eigenvalue weighted by Gasteiger charge is 2.23. The number of hydrogen-bond donors (Lipinski definition) is 0. The zero-order valence-electron chi connectivity index (χ0n) is 19.3. The molecule has 1 aliphatic heterocycles. The lowest BCUT2D eigenvalue weighted by molar-refractivity contribution is 0.0600. The Morgan fingerprint density at radius 2 is 1.91 bits per heavy atom. The first-order chi connectivity index (χ1) is 16.5. The molecular formula is C27H24N2O4S. The van der Waals surface area contributed by atoms with Gasteiger partial charge in [0.25, 0.3) is 5.56 Å². The minimum Gasteiger partial charge on any atom is -0.488 e. The third-order valence-corrected chi connectivity index (χ3v) is 7.30. The largest absolute Gasteiger partial charge is 0.488 e. The average molecular weight is 473 g/mol. The first-order valence-electron chi connectivity index (χ1n) is 11.1. The molecule has 0 atom stereocenters. The highest BCUT2D eigenvalue weighted by atomic mass is 32.1. The highest BCUT2D eigenvalue weighted by molar-refractivity contribution is 7.18. The van der Waals surface area contributed by atoms with E-state index in [2.05, 4.69) is 6.08 Å². The summed E-state index contributed by atoms with van der Waals surface area (Å²) in [6.45, 7) is 5.02. The molecule has 0 spiro atoms. The van der Waals surface area contributed by atoms with E-state index in [1.807, 2.05) is 50.2 Å². The number of ether oxygens (including phenoxy) is 2. The van der Waals surface area contributed by atoms with Crippen LogP contribution in [0.4, 0.5) is 0 Å². The van der Waals surface area contributed by atoms with Gasteiger partial charge in [-0.25, -0.2) is 9.78 Å². The van der Waals surface area contributed by atoms with Gasteiger partial charge >= 0.3 is 5.97 Å². The maximum atomic E-state index is 13.1. The maximum Gasteiger partial charge on any atom is 0.337 e. The molecule has 2 aromatic heterocycles. The van der Waals surface area contributed by atoms with Crippen molar-refractivity contribution in [3.8, 4) is 5.75 Å². The predicted molar refractivity (Wildman–Crippen MR) is 134 cm³/mol. The van der Waals surface area contributed by atoms with Gasteiger partial charge in [-0.2, -0.15) is 0 Å². The zero-order valence-corrected chi connectivity index (χ0v) is 20.1. The Morgan fingerprint density at radius 3 is 2.68 bits per heavy atom. The van der Waals surface area contributed by atoms with Gasteiger partial charge in [0, 0.05) is 17.0 Å². The molecule has 0 amide bonds. The van der Waals surface area contributed by atoms with Gasteiger partial charge in [0.2, 0.25) is 0 Å². The SMILES string of the molecule is COC(=O)c1ccc(COc2ccccc2/C=C2/CCn3c2nc2sc(C)c(C)c2c3=O)cc1. The molecule has 0 radical (unpaired) electrons. The summed E-state index contributed by atoms with van der Waals surface area (Å²) in [6.07, 6.45) is 2.82. The van der Waals surface area contributed by atoms with Crippen LogP contribution in [-0.2, 0) is 17.9 Å². The normalized spacial score (nSPS) is 13.9. The highest BCUT2D eigenvalue weighted by Crippen LogP contribution is 2.33. The maximum absolute atomic E-state index is 13.1. The number of methoxy groups -OCH3 is 1. The van der Waals surface area contributed by atoms with Gasteiger partial charge in [0.1, 0.15) is 23.0 Å². The van der Waals surface area contributed by atoms with E-state index in [0.29, 0.717) is 18.7 Å². The summed E-state index contributed by atoms with van der Waals surface area (Å²) in [7, 11) is 1.37. The van der Waals surface area contributed by atoms with Crippen molar-refractivity contribution in [3.05, 3.63) is 91.8 Å². The van der Waals surface area contributed by atoms with Crippen molar-refractivity contribution in [3.63, 3.8) is 0 Å². The Balaban J connectivity index is 1.43. The van der Waals surface area contributed by atoms with E-state index in [1.54, 1.807) is 28.0 Å². The predicted octanol–water partition coefficient (Wildman–Crippen LogP) is 5.38. The number of allylic oxidation sites excluding steroid dienone is 1. The molecule has 4 aromatic rings. The van der Waals surface area contributed by atoms with E-state index in [0.717, 1.165) is 55.4 Å². The number of nitrogens with zero attached hydrogens (tertiary/aromatic N) is 2. The van der Waals surface area contributed by atoms with Gasteiger partial charge in [-0.3, -0.25) is 9.36 Å². The monoisotopic (exact) mass is 472 g/mol. The molecule has 2 aromatic carbocycles. The molecule has 1 aliphatic rings. The Hall–Kier alpha value is -3.71. The molecule has 172 valence electrons. The van der Waals surface area contributed by atoms with Crippen molar-refractivity contribution in [1.82, 2.24) is 9.55 Å². The van der Waals surface area contributed by atoms with Crippen LogP contribution in [0.1, 0.15) is 44.2 Å². The molecule has 0 aliphatic carbocycles. The summed E-state index contributed by atoms with van der Waals surface area (Å²) in [5.74, 6) is 1.13. The van der Waals surface area contributed by atoms with Gasteiger partial charge in [0.05, 0.1) is 18.1 Å². The van der Waals surface area contributed by atoms with E-state index in [9.17, 15) is 9.59 Å². The number of esters is 1. The van der Waals surface area contributed by atoms with Crippen molar-refractivity contribution in [2.75, 3.05) is 7.11 Å². The number of benzene rings is 2. The first kappa shape index (κ1) is 22.1. The van der Waals surface area contributed by atoms with Gasteiger partial charge in [-0.05, 0) is 61.2 Å². The van der Waals surface area contributed by atoms with E-state index in [-0.39, 0.29) is 11.5 Å². The number of fused-ring (bicyclic) bond motifs is 2. The Kier molecular flexibility index (Phi) is 5.79. The van der Waals surface area contributed by atoms with Crippen molar-refractivity contribution >= 4 is 39.2 Å². The number of aryl methyl sites for hydroxylation is 2. The molecule has 7 heteroatoms. The minimum atomic E-state index is -0.362. The van der Waals surface area contributed by atoms with Crippen LogP contribution in [0, 0.1) is 13.8 Å². The molecular weight excluding hydrogens is 448 g/mol. The molecule has 0 saturated heterocycles. The number of thiophene rings is 1. The summed E-state index contributed by atoms with van der Waals surface area (Å²) in [4.78, 5) is 31.5. The van der Waals surface area contributed by atoms with E-state index in [1.165, 1.54) is 7.11 Å². The summed E-state index contributed by atoms with van der Waals surface area (Å²) in [5.41, 5.74) is 4.49. The van der Waals surface area contributed by atoms with Crippen LogP contribution in [0.3, 0.4) is 0 Å². The summed E-state index contributed by atoms with van der Waals surface area (Å²) in [6, 6.07) is 15.0. The number of aromatic nitrogens is 2. The molecule has 0 unspecified atom stereocenters. The van der Waals surface area contributed by atoms with E-state index >= 15 is 0 Å². The smallest absolute Gasteiger partial charge is 0.337 e. The molecule has 5 rings (SSSR count). The van der Waals surface area contributed by atoms with Crippen molar-refractivity contribution in [1.29, 1.82) is 0 Å². The number of rotatable bonds is 5. The molecule has 34 heavy (non-hydrogen) atoms. The van der Waals surface area contributed by atoms with Gasteiger partial charge < -0.3 is 9.47 Å². The Bertz CT molecular complexity index is 1500. The van der Waals surface area contributed by atoms with E-state index < -0.39 is 0 Å². The Morgan fingerprint density at radius 1 is 1.15 bits per heavy atom. The second-order valence-corrected chi connectivity index (χ2v) is 9.49. The zero-order chi connectivity index (χ0) is 23.8. The van der Waals surface area contributed by atoms with Crippen LogP contribution in [0.25, 0.3) is 21.9 Å². The van der Waals surface area contributed by atoms with Crippen LogP contribution in [0.15, 0.2) is 53.3 Å². The van der Waals surface area contributed by atoms with Crippen LogP contribution in [0.2, 0.25) is 0 Å². The van der Waals surface area contributed by atoms with Gasteiger partial charge in [-0.15, -0.1) is 11.3 Å². The van der Waals surface area contributed by atoms with Crippen LogP contribution >= 0.6 is 11.3 Å². The summed E-state index contributed by atoms with van der Waals surface area (Å²) >= 11 is 1.57. The molecule has 0 bridgehead atoms. The van der Waals surface area contributed by atoms with Crippen molar-refractivity contribution in [2.45, 2.75) is 33.4 Å². The third kappa shape index (κ3) is 3.92. The fourth-order valence-corrected chi connectivity index (χ4v) is 5.22. The van der Waals surface area contributed by atoms with Crippen molar-refractivity contribution in [2.24, 2.45) is 0 Å². The Labute approximate surface area is 201 Å². The lowest BCUT2D eigenvalue weighted by atomic mass is 10.1.